The number of carbonyl (C=O) groups excluding carboxylic acids is 2. The van der Waals surface area contributed by atoms with E-state index in [4.69, 9.17) is 23.7 Å². The maximum absolute atomic E-state index is 12.8. The summed E-state index contributed by atoms with van der Waals surface area (Å²) in [6.07, 6.45) is 4.88. The summed E-state index contributed by atoms with van der Waals surface area (Å²) in [5.74, 6) is 0.310. The predicted octanol–water partition coefficient (Wildman–Crippen LogP) is 2.18. The highest BCUT2D eigenvalue weighted by Gasteiger charge is 2.23. The molecule has 0 saturated carbocycles. The van der Waals surface area contributed by atoms with Gasteiger partial charge in [-0.05, 0) is 57.3 Å². The van der Waals surface area contributed by atoms with E-state index in [1.807, 2.05) is 0 Å². The van der Waals surface area contributed by atoms with Crippen LogP contribution in [-0.4, -0.2) is 110 Å². The van der Waals surface area contributed by atoms with Crippen LogP contribution in [0.5, 0.6) is 17.2 Å². The minimum atomic E-state index is -0.438. The Morgan fingerprint density at radius 1 is 0.923 bits per heavy atom. The number of nitrogens with zero attached hydrogens (tertiary/aromatic N) is 5. The van der Waals surface area contributed by atoms with Crippen molar-refractivity contribution in [3.05, 3.63) is 29.6 Å². The summed E-state index contributed by atoms with van der Waals surface area (Å²) in [5.41, 5.74) is 0.648. The maximum atomic E-state index is 12.8. The summed E-state index contributed by atoms with van der Waals surface area (Å²) in [7, 11) is 4.70. The molecule has 0 spiro atoms. The van der Waals surface area contributed by atoms with Gasteiger partial charge in [0.25, 0.3) is 0 Å². The number of methoxy groups -OCH3 is 2. The predicted molar refractivity (Wildman–Crippen MR) is 141 cm³/mol. The fraction of sp³-hybridized carbons (Fsp3) is 0.630. The van der Waals surface area contributed by atoms with E-state index >= 15 is 0 Å². The van der Waals surface area contributed by atoms with Crippen LogP contribution >= 0.6 is 0 Å². The second-order valence-corrected chi connectivity index (χ2v) is 9.79. The van der Waals surface area contributed by atoms with Crippen LogP contribution in [0, 0.1) is 0 Å². The average molecular weight is 546 g/mol. The number of carbonyl (C=O) groups is 2. The molecule has 12 nitrogen and oxygen atoms in total. The number of hydrogen-bond acceptors (Lipinski definition) is 11. The van der Waals surface area contributed by atoms with Crippen LogP contribution in [-0.2, 0) is 16.5 Å². The lowest BCUT2D eigenvalue weighted by Crippen LogP contribution is -2.34. The molecule has 1 fully saturated rings. The standard InChI is InChI=1S/C27H39N5O7/c1-30-22(19-28-29-30)27(34)39-21-7-4-15-37-24-18-20(17-23(35-2)25(24)36-3)26(33)38-16-6-11-31-9-5-10-32(12-8-21)14-13-31/h17-19,21H,4-16H2,1-3H3. The Morgan fingerprint density at radius 3 is 2.38 bits per heavy atom. The first-order chi connectivity index (χ1) is 19.0. The first kappa shape index (κ1) is 28.6. The third-order valence-corrected chi connectivity index (χ3v) is 7.11. The molecular weight excluding hydrogens is 506 g/mol. The zero-order chi connectivity index (χ0) is 27.6. The molecule has 0 aliphatic carbocycles. The molecule has 12 heteroatoms. The molecule has 4 bridgehead atoms. The Morgan fingerprint density at radius 2 is 1.67 bits per heavy atom. The van der Waals surface area contributed by atoms with Gasteiger partial charge in [0.15, 0.2) is 17.2 Å². The highest BCUT2D eigenvalue weighted by Crippen LogP contribution is 2.38. The number of hydrogen-bond donors (Lipinski definition) is 0. The van der Waals surface area contributed by atoms with Crippen LogP contribution in [0.2, 0.25) is 0 Å². The lowest BCUT2D eigenvalue weighted by atomic mass is 10.1. The van der Waals surface area contributed by atoms with Crippen molar-refractivity contribution in [1.82, 2.24) is 24.8 Å². The van der Waals surface area contributed by atoms with Crippen molar-refractivity contribution < 1.29 is 33.3 Å². The van der Waals surface area contributed by atoms with Crippen molar-refractivity contribution in [3.63, 3.8) is 0 Å². The average Bonchev–Trinajstić information content (AvgIpc) is 3.24. The molecule has 3 heterocycles. The number of esters is 2. The smallest absolute Gasteiger partial charge is 0.358 e. The molecule has 3 unspecified atom stereocenters. The summed E-state index contributed by atoms with van der Waals surface area (Å²) in [4.78, 5) is 30.5. The van der Waals surface area contributed by atoms with E-state index in [-0.39, 0.29) is 6.10 Å². The molecule has 2 aromatic rings. The van der Waals surface area contributed by atoms with Gasteiger partial charge in [-0.2, -0.15) is 0 Å². The van der Waals surface area contributed by atoms with Gasteiger partial charge < -0.3 is 33.5 Å². The lowest BCUT2D eigenvalue weighted by molar-refractivity contribution is 0.0209. The SMILES string of the molecule is COc1cc2cc(c1OC)OCCCC(OC(=O)c1cnnn1C)CCN1CCCN(CCCOC2=O)CC1. The Bertz CT molecular complexity index is 1110. The van der Waals surface area contributed by atoms with E-state index in [1.165, 1.54) is 25.1 Å². The molecule has 0 radical (unpaired) electrons. The number of cyclic esters (lactones) is 1. The first-order valence-corrected chi connectivity index (χ1v) is 13.5. The van der Waals surface area contributed by atoms with Gasteiger partial charge in [0, 0.05) is 33.2 Å². The number of fused-ring (bicyclic) bond motifs is 5. The van der Waals surface area contributed by atoms with Crippen molar-refractivity contribution in [3.8, 4) is 17.2 Å². The molecule has 39 heavy (non-hydrogen) atoms. The van der Waals surface area contributed by atoms with Crippen LogP contribution in [0.1, 0.15) is 53.0 Å². The minimum absolute atomic E-state index is 0.296. The molecule has 3 atom stereocenters. The minimum Gasteiger partial charge on any atom is -0.493 e. The summed E-state index contributed by atoms with van der Waals surface area (Å²) in [5, 5.41) is 7.63. The topological polar surface area (TPSA) is 117 Å². The third-order valence-electron chi connectivity index (χ3n) is 7.11. The molecule has 0 N–H and O–H groups in total. The van der Waals surface area contributed by atoms with E-state index < -0.39 is 11.9 Å². The Hall–Kier alpha value is -3.38. The molecule has 214 valence electrons. The first-order valence-electron chi connectivity index (χ1n) is 13.5. The van der Waals surface area contributed by atoms with Gasteiger partial charge in [-0.1, -0.05) is 5.21 Å². The largest absolute Gasteiger partial charge is 0.493 e. The zero-order valence-electron chi connectivity index (χ0n) is 23.1. The molecule has 2 aliphatic rings. The Kier molecular flexibility index (Phi) is 10.4. The molecule has 4 rings (SSSR count). The summed E-state index contributed by atoms with van der Waals surface area (Å²) in [6, 6.07) is 3.22. The second-order valence-electron chi connectivity index (χ2n) is 9.79. The van der Waals surface area contributed by atoms with E-state index in [2.05, 4.69) is 20.1 Å². The van der Waals surface area contributed by atoms with Crippen molar-refractivity contribution in [1.29, 1.82) is 0 Å². The van der Waals surface area contributed by atoms with Crippen LogP contribution in [0.3, 0.4) is 0 Å². The number of benzene rings is 1. The molecular formula is C27H39N5O7. The van der Waals surface area contributed by atoms with Gasteiger partial charge in [-0.15, -0.1) is 5.10 Å². The lowest BCUT2D eigenvalue weighted by Gasteiger charge is -2.24. The van der Waals surface area contributed by atoms with Crippen molar-refractivity contribution in [2.45, 2.75) is 38.2 Å². The summed E-state index contributed by atoms with van der Waals surface area (Å²) in [6.45, 7) is 6.26. The van der Waals surface area contributed by atoms with Crippen LogP contribution < -0.4 is 14.2 Å². The summed E-state index contributed by atoms with van der Waals surface area (Å²) >= 11 is 0. The van der Waals surface area contributed by atoms with E-state index in [9.17, 15) is 9.59 Å². The molecule has 1 aromatic heterocycles. The monoisotopic (exact) mass is 545 g/mol. The molecule has 0 amide bonds. The molecule has 1 aromatic carbocycles. The van der Waals surface area contributed by atoms with Crippen molar-refractivity contribution in [2.24, 2.45) is 7.05 Å². The Balaban J connectivity index is 1.51. The van der Waals surface area contributed by atoms with Gasteiger partial charge >= 0.3 is 11.9 Å². The van der Waals surface area contributed by atoms with Crippen LogP contribution in [0.15, 0.2) is 18.3 Å². The number of aromatic nitrogens is 3. The van der Waals surface area contributed by atoms with E-state index in [1.54, 1.807) is 19.2 Å². The van der Waals surface area contributed by atoms with Gasteiger partial charge in [0.1, 0.15) is 6.10 Å². The van der Waals surface area contributed by atoms with Crippen molar-refractivity contribution in [2.75, 3.05) is 66.7 Å². The van der Waals surface area contributed by atoms with Gasteiger partial charge in [0.2, 0.25) is 5.75 Å². The fourth-order valence-electron chi connectivity index (χ4n) is 4.93. The number of aryl methyl sites for hydroxylation is 1. The number of ether oxygens (including phenoxy) is 5. The van der Waals surface area contributed by atoms with Gasteiger partial charge in [-0.3, -0.25) is 0 Å². The quantitative estimate of drug-likeness (QED) is 0.526. The van der Waals surface area contributed by atoms with E-state index in [0.717, 1.165) is 52.1 Å². The van der Waals surface area contributed by atoms with Gasteiger partial charge in [-0.25, -0.2) is 14.3 Å². The second kappa shape index (κ2) is 14.1. The van der Waals surface area contributed by atoms with E-state index in [0.29, 0.717) is 61.0 Å². The third kappa shape index (κ3) is 7.82. The van der Waals surface area contributed by atoms with Crippen molar-refractivity contribution >= 4 is 11.9 Å². The molecule has 1 saturated heterocycles. The van der Waals surface area contributed by atoms with Crippen LogP contribution in [0.25, 0.3) is 0 Å². The zero-order valence-corrected chi connectivity index (χ0v) is 23.1. The number of rotatable bonds is 4. The van der Waals surface area contributed by atoms with Crippen LogP contribution in [0.4, 0.5) is 0 Å². The maximum Gasteiger partial charge on any atom is 0.358 e. The summed E-state index contributed by atoms with van der Waals surface area (Å²) < 4.78 is 29.9. The highest BCUT2D eigenvalue weighted by atomic mass is 16.5. The molecule has 2 aliphatic heterocycles. The van der Waals surface area contributed by atoms with Gasteiger partial charge in [0.05, 0.1) is 39.2 Å². The fourth-order valence-corrected chi connectivity index (χ4v) is 4.93. The highest BCUT2D eigenvalue weighted by molar-refractivity contribution is 5.91. The normalized spacial score (nSPS) is 23.3. The Labute approximate surface area is 229 Å².